The number of hydrogen-bond donors (Lipinski definition) is 0. The molecule has 0 fully saturated rings. The summed E-state index contributed by atoms with van der Waals surface area (Å²) in [6, 6.07) is 29.2. The fourth-order valence-corrected chi connectivity index (χ4v) is 3.60. The van der Waals surface area contributed by atoms with Crippen LogP contribution in [0.5, 0.6) is 0 Å². The minimum atomic E-state index is -0.483. The van der Waals surface area contributed by atoms with Crippen LogP contribution in [-0.2, 0) is 9.53 Å². The zero-order valence-electron chi connectivity index (χ0n) is 14.4. The van der Waals surface area contributed by atoms with Gasteiger partial charge in [0, 0.05) is 5.56 Å². The van der Waals surface area contributed by atoms with E-state index >= 15 is 0 Å². The zero-order valence-corrected chi connectivity index (χ0v) is 15.2. The first-order valence-electron chi connectivity index (χ1n) is 8.26. The van der Waals surface area contributed by atoms with Gasteiger partial charge in [-0.1, -0.05) is 90.6 Å². The van der Waals surface area contributed by atoms with Crippen LogP contribution in [0.15, 0.2) is 96.0 Å². The first kappa shape index (κ1) is 18.0. The lowest BCUT2D eigenvalue weighted by Crippen LogP contribution is -2.14. The average Bonchev–Trinajstić information content (AvgIpc) is 2.72. The van der Waals surface area contributed by atoms with Crippen molar-refractivity contribution >= 4 is 28.5 Å². The van der Waals surface area contributed by atoms with Gasteiger partial charge in [0.2, 0.25) is 0 Å². The maximum Gasteiger partial charge on any atom is 0.323 e. The van der Waals surface area contributed by atoms with Gasteiger partial charge in [-0.2, -0.15) is 0 Å². The number of benzene rings is 3. The lowest BCUT2D eigenvalue weighted by molar-refractivity contribution is -0.140. The Balaban J connectivity index is 2.01. The molecule has 3 aromatic rings. The molecule has 3 nitrogen and oxygen atoms in total. The molecular formula is C22H19NO2S. The number of thioether (sulfide) groups is 1. The Hall–Kier alpha value is -2.85. The van der Waals surface area contributed by atoms with Crippen LogP contribution in [0.3, 0.4) is 0 Å². The first-order valence-corrected chi connectivity index (χ1v) is 9.14. The molecule has 0 radical (unpaired) electrons. The average molecular weight is 361 g/mol. The lowest BCUT2D eigenvalue weighted by Gasteiger charge is -2.16. The number of ether oxygens (including phenoxy) is 1. The van der Waals surface area contributed by atoms with Gasteiger partial charge in [0.05, 0.1) is 12.8 Å². The largest absolute Gasteiger partial charge is 0.468 e. The van der Waals surface area contributed by atoms with Crippen LogP contribution >= 0.6 is 11.8 Å². The number of carbonyl (C=O) groups is 1. The fraction of sp³-hybridized carbons (Fsp3) is 0.0909. The van der Waals surface area contributed by atoms with E-state index in [0.29, 0.717) is 0 Å². The van der Waals surface area contributed by atoms with E-state index in [-0.39, 0.29) is 5.97 Å². The van der Waals surface area contributed by atoms with Gasteiger partial charge < -0.3 is 4.74 Å². The van der Waals surface area contributed by atoms with Crippen LogP contribution in [0.4, 0.5) is 5.69 Å². The number of methoxy groups -OCH3 is 1. The molecule has 0 N–H and O–H groups in total. The van der Waals surface area contributed by atoms with E-state index in [0.717, 1.165) is 21.9 Å². The SMILES string of the molecule is COC(=O)C(SC(=Nc1ccccc1)c1ccccc1)c1ccccc1. The van der Waals surface area contributed by atoms with Crippen LogP contribution in [0.2, 0.25) is 0 Å². The Morgan fingerprint density at radius 1 is 0.846 bits per heavy atom. The fourth-order valence-electron chi connectivity index (χ4n) is 2.46. The molecule has 0 bridgehead atoms. The van der Waals surface area contributed by atoms with Gasteiger partial charge in [0.1, 0.15) is 10.3 Å². The highest BCUT2D eigenvalue weighted by atomic mass is 32.2. The highest BCUT2D eigenvalue weighted by Crippen LogP contribution is 2.34. The molecule has 0 aliphatic heterocycles. The van der Waals surface area contributed by atoms with Gasteiger partial charge in [-0.25, -0.2) is 4.99 Å². The maximum absolute atomic E-state index is 12.4. The van der Waals surface area contributed by atoms with E-state index in [1.807, 2.05) is 91.0 Å². The third-order valence-electron chi connectivity index (χ3n) is 3.75. The number of hydrogen-bond acceptors (Lipinski definition) is 4. The molecular weight excluding hydrogens is 342 g/mol. The highest BCUT2D eigenvalue weighted by Gasteiger charge is 2.25. The summed E-state index contributed by atoms with van der Waals surface area (Å²) in [5.41, 5.74) is 2.70. The molecule has 1 unspecified atom stereocenters. The molecule has 26 heavy (non-hydrogen) atoms. The number of carbonyl (C=O) groups excluding carboxylic acids is 1. The molecule has 1 atom stereocenters. The molecule has 0 spiro atoms. The third kappa shape index (κ3) is 4.61. The minimum Gasteiger partial charge on any atom is -0.468 e. The molecule has 0 saturated carbocycles. The molecule has 130 valence electrons. The first-order chi connectivity index (χ1) is 12.8. The van der Waals surface area contributed by atoms with Gasteiger partial charge >= 0.3 is 5.97 Å². The molecule has 0 amide bonds. The van der Waals surface area contributed by atoms with Crippen molar-refractivity contribution in [2.24, 2.45) is 4.99 Å². The summed E-state index contributed by atoms with van der Waals surface area (Å²) in [4.78, 5) is 17.2. The van der Waals surface area contributed by atoms with Crippen molar-refractivity contribution in [1.29, 1.82) is 0 Å². The maximum atomic E-state index is 12.4. The Morgan fingerprint density at radius 2 is 1.38 bits per heavy atom. The third-order valence-corrected chi connectivity index (χ3v) is 5.01. The molecule has 0 aliphatic rings. The van der Waals surface area contributed by atoms with Crippen molar-refractivity contribution < 1.29 is 9.53 Å². The standard InChI is InChI=1S/C22H19NO2S/c1-25-22(24)20(17-11-5-2-6-12-17)26-21(18-13-7-3-8-14-18)23-19-15-9-4-10-16-19/h2-16,20H,1H3. The summed E-state index contributed by atoms with van der Waals surface area (Å²) in [6.07, 6.45) is 0. The Bertz CT molecular complexity index is 864. The van der Waals surface area contributed by atoms with Crippen molar-refractivity contribution in [3.05, 3.63) is 102 Å². The smallest absolute Gasteiger partial charge is 0.323 e. The Morgan fingerprint density at radius 3 is 1.96 bits per heavy atom. The van der Waals surface area contributed by atoms with Gasteiger partial charge in [-0.3, -0.25) is 4.79 Å². The summed E-state index contributed by atoms with van der Waals surface area (Å²) < 4.78 is 5.04. The van der Waals surface area contributed by atoms with Crippen molar-refractivity contribution in [3.8, 4) is 0 Å². The van der Waals surface area contributed by atoms with E-state index < -0.39 is 5.25 Å². The van der Waals surface area contributed by atoms with Crippen molar-refractivity contribution in [3.63, 3.8) is 0 Å². The molecule has 0 aromatic heterocycles. The summed E-state index contributed by atoms with van der Waals surface area (Å²) in [5, 5.41) is 0.292. The molecule has 0 aliphatic carbocycles. The minimum absolute atomic E-state index is 0.294. The Labute approximate surface area is 157 Å². The van der Waals surface area contributed by atoms with E-state index in [1.165, 1.54) is 18.9 Å². The molecule has 4 heteroatoms. The van der Waals surface area contributed by atoms with Crippen LogP contribution < -0.4 is 0 Å². The van der Waals surface area contributed by atoms with E-state index in [2.05, 4.69) is 0 Å². The van der Waals surface area contributed by atoms with Gasteiger partial charge in [0.15, 0.2) is 0 Å². The predicted molar refractivity (Wildman–Crippen MR) is 108 cm³/mol. The van der Waals surface area contributed by atoms with E-state index in [9.17, 15) is 4.79 Å². The monoisotopic (exact) mass is 361 g/mol. The van der Waals surface area contributed by atoms with Crippen molar-refractivity contribution in [2.45, 2.75) is 5.25 Å². The Kier molecular flexibility index (Phi) is 6.23. The second kappa shape index (κ2) is 9.02. The molecule has 0 heterocycles. The number of nitrogens with zero attached hydrogens (tertiary/aromatic N) is 1. The number of para-hydroxylation sites is 1. The molecule has 0 saturated heterocycles. The van der Waals surface area contributed by atoms with Crippen LogP contribution in [0.25, 0.3) is 0 Å². The normalized spacial score (nSPS) is 12.4. The van der Waals surface area contributed by atoms with Gasteiger partial charge in [-0.15, -0.1) is 0 Å². The highest BCUT2D eigenvalue weighted by molar-refractivity contribution is 8.15. The number of rotatable bonds is 5. The van der Waals surface area contributed by atoms with Crippen molar-refractivity contribution in [2.75, 3.05) is 7.11 Å². The van der Waals surface area contributed by atoms with E-state index in [4.69, 9.17) is 9.73 Å². The van der Waals surface area contributed by atoms with Crippen LogP contribution in [-0.4, -0.2) is 18.1 Å². The summed E-state index contributed by atoms with van der Waals surface area (Å²) >= 11 is 1.40. The van der Waals surface area contributed by atoms with E-state index in [1.54, 1.807) is 0 Å². The summed E-state index contributed by atoms with van der Waals surface area (Å²) in [5.74, 6) is -0.294. The second-order valence-electron chi connectivity index (χ2n) is 5.55. The lowest BCUT2D eigenvalue weighted by atomic mass is 10.1. The summed E-state index contributed by atoms with van der Waals surface area (Å²) in [6.45, 7) is 0. The quantitative estimate of drug-likeness (QED) is 0.346. The summed E-state index contributed by atoms with van der Waals surface area (Å²) in [7, 11) is 1.41. The zero-order chi connectivity index (χ0) is 18.2. The number of aliphatic imine (C=N–C) groups is 1. The van der Waals surface area contributed by atoms with Crippen molar-refractivity contribution in [1.82, 2.24) is 0 Å². The molecule has 3 rings (SSSR count). The van der Waals surface area contributed by atoms with Crippen LogP contribution in [0, 0.1) is 0 Å². The predicted octanol–water partition coefficient (Wildman–Crippen LogP) is 5.41. The van der Waals surface area contributed by atoms with Gasteiger partial charge in [-0.05, 0) is 17.7 Å². The number of esters is 1. The topological polar surface area (TPSA) is 38.7 Å². The second-order valence-corrected chi connectivity index (χ2v) is 6.64. The molecule has 3 aromatic carbocycles. The van der Waals surface area contributed by atoms with Crippen LogP contribution in [0.1, 0.15) is 16.4 Å². The van der Waals surface area contributed by atoms with Gasteiger partial charge in [0.25, 0.3) is 0 Å².